The highest BCUT2D eigenvalue weighted by molar-refractivity contribution is 5.87. The number of anilines is 1. The molecule has 1 aromatic heterocycles. The maximum Gasteiger partial charge on any atom is 0.232 e. The number of hydrogen-bond donors (Lipinski definition) is 1. The summed E-state index contributed by atoms with van der Waals surface area (Å²) in [6.45, 7) is 5.72. The van der Waals surface area contributed by atoms with E-state index in [1.165, 1.54) is 12.1 Å². The fourth-order valence-corrected chi connectivity index (χ4v) is 3.51. The van der Waals surface area contributed by atoms with Gasteiger partial charge in [-0.05, 0) is 51.1 Å². The van der Waals surface area contributed by atoms with E-state index < -0.39 is 5.41 Å². The highest BCUT2D eigenvalue weighted by atomic mass is 19.1. The fourth-order valence-electron chi connectivity index (χ4n) is 3.51. The van der Waals surface area contributed by atoms with Crippen LogP contribution in [0.25, 0.3) is 0 Å². The molecular formula is C20H26FN5O. The third-order valence-corrected chi connectivity index (χ3v) is 5.29. The molecule has 7 heteroatoms. The van der Waals surface area contributed by atoms with E-state index in [4.69, 9.17) is 5.73 Å². The van der Waals surface area contributed by atoms with Gasteiger partial charge in [-0.25, -0.2) is 14.4 Å². The van der Waals surface area contributed by atoms with Crippen molar-refractivity contribution in [2.24, 2.45) is 0 Å². The van der Waals surface area contributed by atoms with Crippen molar-refractivity contribution in [3.8, 4) is 0 Å². The number of amides is 1. The maximum absolute atomic E-state index is 13.2. The summed E-state index contributed by atoms with van der Waals surface area (Å²) in [5.74, 6) is 0.894. The number of likely N-dealkylation sites (tertiary alicyclic amines) is 1. The van der Waals surface area contributed by atoms with Gasteiger partial charge in [-0.2, -0.15) is 0 Å². The Morgan fingerprint density at radius 3 is 2.70 bits per heavy atom. The second-order valence-electron chi connectivity index (χ2n) is 7.64. The molecule has 1 aliphatic rings. The second kappa shape index (κ2) is 7.60. The molecule has 2 heterocycles. The third kappa shape index (κ3) is 4.24. The quantitative estimate of drug-likeness (QED) is 0.872. The number of carbonyl (C=O) groups is 1. The molecule has 0 aliphatic carbocycles. The second-order valence-corrected chi connectivity index (χ2v) is 7.64. The van der Waals surface area contributed by atoms with Gasteiger partial charge in [0, 0.05) is 25.3 Å². The van der Waals surface area contributed by atoms with Crippen LogP contribution in [0.1, 0.15) is 31.7 Å². The average Bonchev–Trinajstić information content (AvgIpc) is 3.11. The summed E-state index contributed by atoms with van der Waals surface area (Å²) in [6.07, 6.45) is 2.55. The number of nitrogen functional groups attached to an aromatic ring is 1. The largest absolute Gasteiger partial charge is 0.384 e. The SMILES string of the molecule is CN(Cc1nccc(N)n1)[C@@H]1CCN(C(=O)C(C)(C)c2ccc(F)cc2)C1. The van der Waals surface area contributed by atoms with Crippen molar-refractivity contribution in [3.05, 3.63) is 53.7 Å². The van der Waals surface area contributed by atoms with Crippen LogP contribution < -0.4 is 5.73 Å². The van der Waals surface area contributed by atoms with Gasteiger partial charge in [0.1, 0.15) is 17.5 Å². The molecule has 0 radical (unpaired) electrons. The monoisotopic (exact) mass is 371 g/mol. The first-order valence-electron chi connectivity index (χ1n) is 9.10. The van der Waals surface area contributed by atoms with Gasteiger partial charge in [-0.15, -0.1) is 0 Å². The van der Waals surface area contributed by atoms with Crippen molar-refractivity contribution < 1.29 is 9.18 Å². The predicted octanol–water partition coefficient (Wildman–Crippen LogP) is 2.21. The number of nitrogens with zero attached hydrogens (tertiary/aromatic N) is 4. The normalized spacial score (nSPS) is 17.5. The van der Waals surface area contributed by atoms with Crippen LogP contribution in [0, 0.1) is 5.82 Å². The zero-order valence-electron chi connectivity index (χ0n) is 16.0. The van der Waals surface area contributed by atoms with Crippen LogP contribution >= 0.6 is 0 Å². The van der Waals surface area contributed by atoms with Crippen molar-refractivity contribution in [1.29, 1.82) is 0 Å². The minimum atomic E-state index is -0.696. The lowest BCUT2D eigenvalue weighted by Crippen LogP contribution is -2.44. The van der Waals surface area contributed by atoms with Gasteiger partial charge in [-0.1, -0.05) is 12.1 Å². The Kier molecular flexibility index (Phi) is 5.41. The molecular weight excluding hydrogens is 345 g/mol. The molecule has 1 atom stereocenters. The highest BCUT2D eigenvalue weighted by Gasteiger charge is 2.38. The maximum atomic E-state index is 13.2. The lowest BCUT2D eigenvalue weighted by molar-refractivity contribution is -0.135. The Balaban J connectivity index is 1.64. The van der Waals surface area contributed by atoms with Gasteiger partial charge >= 0.3 is 0 Å². The number of halogens is 1. The van der Waals surface area contributed by atoms with E-state index >= 15 is 0 Å². The first-order valence-corrected chi connectivity index (χ1v) is 9.10. The molecule has 0 unspecified atom stereocenters. The van der Waals surface area contributed by atoms with E-state index in [0.717, 1.165) is 12.0 Å². The lowest BCUT2D eigenvalue weighted by Gasteiger charge is -2.30. The van der Waals surface area contributed by atoms with Crippen LogP contribution in [0.4, 0.5) is 10.2 Å². The molecule has 144 valence electrons. The van der Waals surface area contributed by atoms with Gasteiger partial charge in [0.25, 0.3) is 0 Å². The fraction of sp³-hybridized carbons (Fsp3) is 0.450. The number of likely N-dealkylation sites (N-methyl/N-ethyl adjacent to an activating group) is 1. The van der Waals surface area contributed by atoms with E-state index in [0.29, 0.717) is 31.3 Å². The molecule has 1 fully saturated rings. The topological polar surface area (TPSA) is 75.4 Å². The molecule has 2 aromatic rings. The smallest absolute Gasteiger partial charge is 0.232 e. The molecule has 1 amide bonds. The summed E-state index contributed by atoms with van der Waals surface area (Å²) in [6, 6.07) is 8.07. The Morgan fingerprint density at radius 1 is 1.33 bits per heavy atom. The summed E-state index contributed by atoms with van der Waals surface area (Å²) >= 11 is 0. The number of benzene rings is 1. The first kappa shape index (κ1) is 19.2. The third-order valence-electron chi connectivity index (χ3n) is 5.29. The van der Waals surface area contributed by atoms with Crippen LogP contribution in [0.5, 0.6) is 0 Å². The van der Waals surface area contributed by atoms with Gasteiger partial charge in [0.15, 0.2) is 0 Å². The number of nitrogens with two attached hydrogens (primary N) is 1. The van der Waals surface area contributed by atoms with Gasteiger partial charge in [0.05, 0.1) is 12.0 Å². The zero-order chi connectivity index (χ0) is 19.6. The molecule has 0 bridgehead atoms. The van der Waals surface area contributed by atoms with Gasteiger partial charge in [-0.3, -0.25) is 9.69 Å². The van der Waals surface area contributed by atoms with Crippen molar-refractivity contribution >= 4 is 11.7 Å². The van der Waals surface area contributed by atoms with Crippen LogP contribution in [0.15, 0.2) is 36.5 Å². The number of hydrogen-bond acceptors (Lipinski definition) is 5. The van der Waals surface area contributed by atoms with Gasteiger partial charge in [0.2, 0.25) is 5.91 Å². The molecule has 6 nitrogen and oxygen atoms in total. The summed E-state index contributed by atoms with van der Waals surface area (Å²) in [5.41, 5.74) is 5.84. The number of rotatable bonds is 5. The Labute approximate surface area is 159 Å². The van der Waals surface area contributed by atoms with Crippen molar-refractivity contribution in [1.82, 2.24) is 19.8 Å². The van der Waals surface area contributed by atoms with Crippen molar-refractivity contribution in [2.45, 2.75) is 38.3 Å². The summed E-state index contributed by atoms with van der Waals surface area (Å²) in [7, 11) is 2.01. The number of aromatic nitrogens is 2. The Hall–Kier alpha value is -2.54. The minimum absolute atomic E-state index is 0.0604. The van der Waals surface area contributed by atoms with Crippen LogP contribution in [-0.4, -0.2) is 51.9 Å². The summed E-state index contributed by atoms with van der Waals surface area (Å²) in [5, 5.41) is 0. The molecule has 0 saturated carbocycles. The standard InChI is InChI=1S/C20H26FN5O/c1-20(2,14-4-6-15(21)7-5-14)19(27)26-11-9-16(12-26)25(3)13-18-23-10-8-17(22)24-18/h4-8,10,16H,9,11-13H2,1-3H3,(H2,22,23,24)/t16-/m1/s1. The molecule has 2 N–H and O–H groups in total. The van der Waals surface area contributed by atoms with E-state index in [-0.39, 0.29) is 17.8 Å². The van der Waals surface area contributed by atoms with Crippen molar-refractivity contribution in [2.75, 3.05) is 25.9 Å². The molecule has 1 aliphatic heterocycles. The Morgan fingerprint density at radius 2 is 2.04 bits per heavy atom. The van der Waals surface area contributed by atoms with E-state index in [9.17, 15) is 9.18 Å². The molecule has 0 spiro atoms. The van der Waals surface area contributed by atoms with Crippen molar-refractivity contribution in [3.63, 3.8) is 0 Å². The zero-order valence-corrected chi connectivity index (χ0v) is 16.0. The Bertz CT molecular complexity index is 808. The minimum Gasteiger partial charge on any atom is -0.384 e. The van der Waals surface area contributed by atoms with E-state index in [2.05, 4.69) is 14.9 Å². The molecule has 27 heavy (non-hydrogen) atoms. The first-order chi connectivity index (χ1) is 12.8. The average molecular weight is 371 g/mol. The lowest BCUT2D eigenvalue weighted by atomic mass is 9.83. The molecule has 1 aromatic carbocycles. The molecule has 1 saturated heterocycles. The predicted molar refractivity (Wildman–Crippen MR) is 102 cm³/mol. The van der Waals surface area contributed by atoms with Crippen LogP contribution in [-0.2, 0) is 16.8 Å². The van der Waals surface area contributed by atoms with E-state index in [1.54, 1.807) is 24.4 Å². The van der Waals surface area contributed by atoms with Crippen LogP contribution in [0.3, 0.4) is 0 Å². The van der Waals surface area contributed by atoms with Crippen LogP contribution in [0.2, 0.25) is 0 Å². The number of carbonyl (C=O) groups excluding carboxylic acids is 1. The summed E-state index contributed by atoms with van der Waals surface area (Å²) in [4.78, 5) is 25.6. The van der Waals surface area contributed by atoms with E-state index in [1.807, 2.05) is 25.8 Å². The van der Waals surface area contributed by atoms with Gasteiger partial charge < -0.3 is 10.6 Å². The summed E-state index contributed by atoms with van der Waals surface area (Å²) < 4.78 is 13.2. The molecule has 3 rings (SSSR count). The highest BCUT2D eigenvalue weighted by Crippen LogP contribution is 2.28.